The van der Waals surface area contributed by atoms with Gasteiger partial charge in [0.15, 0.2) is 0 Å². The minimum Gasteiger partial charge on any atom is -0.492 e. The van der Waals surface area contributed by atoms with Crippen molar-refractivity contribution in [3.05, 3.63) is 29.8 Å². The van der Waals surface area contributed by atoms with Crippen molar-refractivity contribution in [2.24, 2.45) is 0 Å². The lowest BCUT2D eigenvalue weighted by atomic mass is 10.1. The molecule has 0 aliphatic heterocycles. The highest BCUT2D eigenvalue weighted by Gasteiger charge is 2.10. The van der Waals surface area contributed by atoms with E-state index < -0.39 is 0 Å². The Bertz CT molecular complexity index is 377. The van der Waals surface area contributed by atoms with Gasteiger partial charge in [-0.1, -0.05) is 39.0 Å². The van der Waals surface area contributed by atoms with Crippen LogP contribution in [-0.2, 0) is 6.54 Å². The number of hydrogen-bond acceptors (Lipinski definition) is 3. The van der Waals surface area contributed by atoms with E-state index in [1.54, 1.807) is 0 Å². The molecule has 0 saturated heterocycles. The highest BCUT2D eigenvalue weighted by atomic mass is 16.5. The van der Waals surface area contributed by atoms with Crippen molar-refractivity contribution in [1.82, 2.24) is 10.2 Å². The molecule has 0 bridgehead atoms. The summed E-state index contributed by atoms with van der Waals surface area (Å²) >= 11 is 0. The summed E-state index contributed by atoms with van der Waals surface area (Å²) in [7, 11) is 2.19. The zero-order valence-corrected chi connectivity index (χ0v) is 14.2. The van der Waals surface area contributed by atoms with Crippen molar-refractivity contribution in [1.29, 1.82) is 0 Å². The fraction of sp³-hybridized carbons (Fsp3) is 0.667. The number of nitrogens with one attached hydrogen (secondary N) is 1. The van der Waals surface area contributed by atoms with Crippen LogP contribution in [0.15, 0.2) is 24.3 Å². The van der Waals surface area contributed by atoms with Crippen LogP contribution in [0.5, 0.6) is 5.75 Å². The van der Waals surface area contributed by atoms with E-state index >= 15 is 0 Å². The largest absolute Gasteiger partial charge is 0.492 e. The van der Waals surface area contributed by atoms with Crippen molar-refractivity contribution in [3.8, 4) is 5.75 Å². The van der Waals surface area contributed by atoms with Gasteiger partial charge in [-0.25, -0.2) is 0 Å². The standard InChI is InChI=1S/C18H32N2O/c1-5-12-19-15-16-10-8-9-11-18(16)21-14-13-20(4)17(6-2)7-3/h8-11,17,19H,5-7,12-15H2,1-4H3. The maximum atomic E-state index is 6.00. The molecule has 0 fully saturated rings. The molecule has 0 aliphatic rings. The summed E-state index contributed by atoms with van der Waals surface area (Å²) in [6.45, 7) is 10.3. The van der Waals surface area contributed by atoms with Crippen LogP contribution >= 0.6 is 0 Å². The predicted octanol–water partition coefficient (Wildman–Crippen LogP) is 3.69. The molecule has 3 nitrogen and oxygen atoms in total. The Labute approximate surface area is 130 Å². The Morgan fingerprint density at radius 1 is 1.14 bits per heavy atom. The Hall–Kier alpha value is -1.06. The number of likely N-dealkylation sites (N-methyl/N-ethyl adjacent to an activating group) is 1. The number of para-hydroxylation sites is 1. The molecular weight excluding hydrogens is 260 g/mol. The topological polar surface area (TPSA) is 24.5 Å². The van der Waals surface area contributed by atoms with Gasteiger partial charge in [0, 0.05) is 24.7 Å². The van der Waals surface area contributed by atoms with Crippen molar-refractivity contribution in [3.63, 3.8) is 0 Å². The van der Waals surface area contributed by atoms with E-state index in [0.717, 1.165) is 38.4 Å². The van der Waals surface area contributed by atoms with Gasteiger partial charge in [0.2, 0.25) is 0 Å². The van der Waals surface area contributed by atoms with Crippen molar-refractivity contribution < 1.29 is 4.74 Å². The van der Waals surface area contributed by atoms with Gasteiger partial charge in [-0.05, 0) is 38.9 Å². The van der Waals surface area contributed by atoms with E-state index in [2.05, 4.69) is 56.2 Å². The molecule has 0 aromatic heterocycles. The number of hydrogen-bond donors (Lipinski definition) is 1. The second-order valence-corrected chi connectivity index (χ2v) is 5.58. The van der Waals surface area contributed by atoms with Gasteiger partial charge < -0.3 is 15.0 Å². The number of ether oxygens (including phenoxy) is 1. The summed E-state index contributed by atoms with van der Waals surface area (Å²) in [5.74, 6) is 1.01. The first-order chi connectivity index (χ1) is 10.2. The molecule has 0 spiro atoms. The molecule has 1 aromatic carbocycles. The molecule has 0 aliphatic carbocycles. The van der Waals surface area contributed by atoms with Crippen LogP contribution in [0.2, 0.25) is 0 Å². The van der Waals surface area contributed by atoms with Gasteiger partial charge in [-0.15, -0.1) is 0 Å². The van der Waals surface area contributed by atoms with Crippen LogP contribution in [0, 0.1) is 0 Å². The summed E-state index contributed by atoms with van der Waals surface area (Å²) in [5.41, 5.74) is 1.25. The Morgan fingerprint density at radius 2 is 1.86 bits per heavy atom. The molecule has 0 radical (unpaired) electrons. The fourth-order valence-corrected chi connectivity index (χ4v) is 2.58. The van der Waals surface area contributed by atoms with Gasteiger partial charge in [-0.3, -0.25) is 0 Å². The summed E-state index contributed by atoms with van der Waals surface area (Å²) in [6.07, 6.45) is 3.55. The third-order valence-corrected chi connectivity index (χ3v) is 3.98. The molecule has 0 unspecified atom stereocenters. The summed E-state index contributed by atoms with van der Waals surface area (Å²) in [6, 6.07) is 8.99. The first kappa shape index (κ1) is 18.0. The fourth-order valence-electron chi connectivity index (χ4n) is 2.58. The second kappa shape index (κ2) is 10.6. The molecule has 1 rings (SSSR count). The first-order valence-corrected chi connectivity index (χ1v) is 8.34. The molecule has 1 aromatic rings. The van der Waals surface area contributed by atoms with Crippen LogP contribution < -0.4 is 10.1 Å². The lowest BCUT2D eigenvalue weighted by Gasteiger charge is -2.26. The third kappa shape index (κ3) is 6.49. The van der Waals surface area contributed by atoms with Crippen LogP contribution in [0.1, 0.15) is 45.6 Å². The lowest BCUT2D eigenvalue weighted by molar-refractivity contribution is 0.183. The van der Waals surface area contributed by atoms with E-state index in [-0.39, 0.29) is 0 Å². The van der Waals surface area contributed by atoms with Crippen molar-refractivity contribution in [2.45, 2.75) is 52.6 Å². The van der Waals surface area contributed by atoms with E-state index in [1.165, 1.54) is 18.4 Å². The average Bonchev–Trinajstić information content (AvgIpc) is 2.50. The highest BCUT2D eigenvalue weighted by molar-refractivity contribution is 5.33. The Morgan fingerprint density at radius 3 is 2.52 bits per heavy atom. The molecule has 0 amide bonds. The van der Waals surface area contributed by atoms with E-state index in [9.17, 15) is 0 Å². The zero-order valence-electron chi connectivity index (χ0n) is 14.2. The van der Waals surface area contributed by atoms with Crippen LogP contribution in [0.4, 0.5) is 0 Å². The first-order valence-electron chi connectivity index (χ1n) is 8.34. The molecule has 120 valence electrons. The summed E-state index contributed by atoms with van der Waals surface area (Å²) in [5, 5.41) is 3.44. The van der Waals surface area contributed by atoms with Crippen LogP contribution in [0.3, 0.4) is 0 Å². The highest BCUT2D eigenvalue weighted by Crippen LogP contribution is 2.17. The van der Waals surface area contributed by atoms with Crippen molar-refractivity contribution in [2.75, 3.05) is 26.7 Å². The molecule has 1 N–H and O–H groups in total. The smallest absolute Gasteiger partial charge is 0.123 e. The Balaban J connectivity index is 2.44. The molecule has 0 heterocycles. The predicted molar refractivity (Wildman–Crippen MR) is 90.9 cm³/mol. The van der Waals surface area contributed by atoms with Gasteiger partial charge in [0.1, 0.15) is 12.4 Å². The molecule has 0 atom stereocenters. The number of nitrogens with zero attached hydrogens (tertiary/aromatic N) is 1. The van der Waals surface area contributed by atoms with Crippen LogP contribution in [-0.4, -0.2) is 37.7 Å². The van der Waals surface area contributed by atoms with Gasteiger partial charge in [0.25, 0.3) is 0 Å². The maximum absolute atomic E-state index is 6.00. The van der Waals surface area contributed by atoms with Gasteiger partial charge in [-0.2, -0.15) is 0 Å². The monoisotopic (exact) mass is 292 g/mol. The van der Waals surface area contributed by atoms with E-state index in [4.69, 9.17) is 4.74 Å². The molecule has 3 heteroatoms. The van der Waals surface area contributed by atoms with Gasteiger partial charge in [0.05, 0.1) is 0 Å². The summed E-state index contributed by atoms with van der Waals surface area (Å²) in [4.78, 5) is 2.40. The zero-order chi connectivity index (χ0) is 15.5. The maximum Gasteiger partial charge on any atom is 0.123 e. The number of benzene rings is 1. The minimum absolute atomic E-state index is 0.662. The number of rotatable bonds is 11. The molecule has 21 heavy (non-hydrogen) atoms. The van der Waals surface area contributed by atoms with Crippen molar-refractivity contribution >= 4 is 0 Å². The van der Waals surface area contributed by atoms with E-state index in [1.807, 2.05) is 6.07 Å². The minimum atomic E-state index is 0.662. The quantitative estimate of drug-likeness (QED) is 0.630. The average molecular weight is 292 g/mol. The Kier molecular flexibility index (Phi) is 9.11. The summed E-state index contributed by atoms with van der Waals surface area (Å²) < 4.78 is 6.00. The van der Waals surface area contributed by atoms with Gasteiger partial charge >= 0.3 is 0 Å². The second-order valence-electron chi connectivity index (χ2n) is 5.58. The van der Waals surface area contributed by atoms with E-state index in [0.29, 0.717) is 6.04 Å². The SMILES string of the molecule is CCCNCc1ccccc1OCCN(C)C(CC)CC. The molecule has 0 saturated carbocycles. The molecular formula is C18H32N2O. The normalized spacial score (nSPS) is 11.3. The third-order valence-electron chi connectivity index (χ3n) is 3.98. The lowest BCUT2D eigenvalue weighted by Crippen LogP contribution is -2.34. The van der Waals surface area contributed by atoms with Crippen LogP contribution in [0.25, 0.3) is 0 Å².